The van der Waals surface area contributed by atoms with Crippen molar-refractivity contribution in [2.45, 2.75) is 59.0 Å². The number of anilines is 1. The van der Waals surface area contributed by atoms with Crippen molar-refractivity contribution in [2.75, 3.05) is 5.32 Å². The van der Waals surface area contributed by atoms with Crippen molar-refractivity contribution in [2.24, 2.45) is 0 Å². The van der Waals surface area contributed by atoms with Gasteiger partial charge in [0, 0.05) is 41.6 Å². The number of aromatic nitrogens is 4. The Morgan fingerprint density at radius 1 is 1.17 bits per heavy atom. The minimum Gasteiger partial charge on any atom is -0.439 e. The van der Waals surface area contributed by atoms with Gasteiger partial charge in [0.05, 0.1) is 17.8 Å². The van der Waals surface area contributed by atoms with Crippen LogP contribution in [0.5, 0.6) is 11.6 Å². The van der Waals surface area contributed by atoms with Crippen LogP contribution in [0, 0.1) is 0 Å². The fraction of sp³-hybridized carbons (Fsp3) is 0.346. The number of hydrogen-bond donors (Lipinski definition) is 1. The van der Waals surface area contributed by atoms with Gasteiger partial charge in [-0.2, -0.15) is 0 Å². The maximum Gasteiger partial charge on any atom is 0.331 e. The van der Waals surface area contributed by atoms with Crippen LogP contribution in [-0.2, 0) is 23.2 Å². The van der Waals surface area contributed by atoms with Gasteiger partial charge in [-0.3, -0.25) is 14.7 Å². The molecule has 3 aromatic heterocycles. The number of fused-ring (bicyclic) bond motifs is 2. The number of amides is 2. The minimum atomic E-state index is -0.346. The second kappa shape index (κ2) is 8.78. The molecular formula is C26H28N6O4. The van der Waals surface area contributed by atoms with Gasteiger partial charge >= 0.3 is 6.03 Å². The second-order valence-corrected chi connectivity index (χ2v) is 10.1. The lowest BCUT2D eigenvalue weighted by Gasteiger charge is -2.33. The van der Waals surface area contributed by atoms with Crippen molar-refractivity contribution >= 4 is 28.7 Å². The van der Waals surface area contributed by atoms with Gasteiger partial charge in [0.15, 0.2) is 5.82 Å². The van der Waals surface area contributed by atoms with E-state index in [9.17, 15) is 9.59 Å². The first kappa shape index (κ1) is 23.5. The van der Waals surface area contributed by atoms with E-state index in [4.69, 9.17) is 9.26 Å². The Bertz CT molecular complexity index is 1460. The molecule has 0 radical (unpaired) electrons. The van der Waals surface area contributed by atoms with Crippen LogP contribution in [0.1, 0.15) is 51.6 Å². The van der Waals surface area contributed by atoms with Gasteiger partial charge in [-0.15, -0.1) is 0 Å². The van der Waals surface area contributed by atoms with E-state index >= 15 is 0 Å². The summed E-state index contributed by atoms with van der Waals surface area (Å²) in [5.74, 6) is 2.14. The van der Waals surface area contributed by atoms with E-state index < -0.39 is 0 Å². The molecule has 4 heterocycles. The quantitative estimate of drug-likeness (QED) is 0.437. The van der Waals surface area contributed by atoms with E-state index in [0.29, 0.717) is 36.2 Å². The van der Waals surface area contributed by atoms with Gasteiger partial charge in [-0.1, -0.05) is 25.9 Å². The van der Waals surface area contributed by atoms with E-state index in [1.807, 2.05) is 45.9 Å². The third-order valence-electron chi connectivity index (χ3n) is 6.33. The number of carbonyl (C=O) groups excluding carboxylic acids is 2. The van der Waals surface area contributed by atoms with Crippen LogP contribution in [-0.4, -0.2) is 42.6 Å². The molecule has 0 bridgehead atoms. The molecule has 0 saturated carbocycles. The van der Waals surface area contributed by atoms with Crippen molar-refractivity contribution < 1.29 is 18.8 Å². The Labute approximate surface area is 208 Å². The molecule has 36 heavy (non-hydrogen) atoms. The zero-order chi connectivity index (χ0) is 25.6. The van der Waals surface area contributed by atoms with Crippen LogP contribution in [0.4, 0.5) is 10.6 Å². The monoisotopic (exact) mass is 488 g/mol. The van der Waals surface area contributed by atoms with Crippen molar-refractivity contribution in [3.8, 4) is 11.6 Å². The molecule has 10 nitrogen and oxygen atoms in total. The lowest BCUT2D eigenvalue weighted by atomic mass is 9.93. The maximum atomic E-state index is 12.9. The SMILES string of the molecule is CC(=O)N1Cc2ncnc(Oc3ccc4c(ccn4C(=O)Nc4cc(C(C)(C)C)on4)c3)c2C[C@@H]1C. The molecule has 5 rings (SSSR count). The summed E-state index contributed by atoms with van der Waals surface area (Å²) < 4.78 is 13.0. The second-order valence-electron chi connectivity index (χ2n) is 10.1. The van der Waals surface area contributed by atoms with E-state index in [2.05, 4.69) is 20.4 Å². The summed E-state index contributed by atoms with van der Waals surface area (Å²) in [4.78, 5) is 35.3. The first-order valence-corrected chi connectivity index (χ1v) is 11.8. The van der Waals surface area contributed by atoms with E-state index in [1.54, 1.807) is 30.2 Å². The lowest BCUT2D eigenvalue weighted by Crippen LogP contribution is -2.41. The predicted octanol–water partition coefficient (Wildman–Crippen LogP) is 4.88. The molecule has 186 valence electrons. The molecular weight excluding hydrogens is 460 g/mol. The zero-order valence-electron chi connectivity index (χ0n) is 20.9. The average molecular weight is 489 g/mol. The molecule has 1 aliphatic heterocycles. The summed E-state index contributed by atoms with van der Waals surface area (Å²) in [6.45, 7) is 10.0. The number of ether oxygens (including phenoxy) is 1. The van der Waals surface area contributed by atoms with E-state index in [-0.39, 0.29) is 23.4 Å². The molecule has 0 aliphatic carbocycles. The number of nitrogens with zero attached hydrogens (tertiary/aromatic N) is 5. The molecule has 1 aliphatic rings. The van der Waals surface area contributed by atoms with Crippen molar-refractivity contribution in [1.82, 2.24) is 24.6 Å². The first-order chi connectivity index (χ1) is 17.1. The fourth-order valence-corrected chi connectivity index (χ4v) is 4.33. The minimum absolute atomic E-state index is 0.0198. The van der Waals surface area contributed by atoms with Gasteiger partial charge in [0.25, 0.3) is 0 Å². The number of rotatable bonds is 3. The van der Waals surface area contributed by atoms with E-state index in [1.165, 1.54) is 10.9 Å². The summed E-state index contributed by atoms with van der Waals surface area (Å²) in [7, 11) is 0. The summed E-state index contributed by atoms with van der Waals surface area (Å²) in [6, 6.07) is 8.73. The first-order valence-electron chi connectivity index (χ1n) is 11.8. The van der Waals surface area contributed by atoms with Crippen LogP contribution in [0.3, 0.4) is 0 Å². The number of benzene rings is 1. The highest BCUT2D eigenvalue weighted by atomic mass is 16.5. The van der Waals surface area contributed by atoms with E-state index in [0.717, 1.165) is 22.2 Å². The van der Waals surface area contributed by atoms with Crippen LogP contribution >= 0.6 is 0 Å². The Balaban J connectivity index is 1.35. The molecule has 1 aromatic carbocycles. The standard InChI is InChI=1S/C26H28N6O4/c1-15-10-19-20(13-32(15)16(2)33)27-14-28-24(19)35-18-6-7-21-17(11-18)8-9-31(21)25(34)29-23-12-22(36-30-23)26(3,4)5/h6-9,11-12,14-15H,10,13H2,1-5H3,(H,29,30,34)/t15-/m0/s1. The maximum absolute atomic E-state index is 12.9. The smallest absolute Gasteiger partial charge is 0.331 e. The van der Waals surface area contributed by atoms with Crippen LogP contribution in [0.15, 0.2) is 47.4 Å². The summed E-state index contributed by atoms with van der Waals surface area (Å²) >= 11 is 0. The summed E-state index contributed by atoms with van der Waals surface area (Å²) in [5, 5.41) is 7.56. The van der Waals surface area contributed by atoms with Crippen molar-refractivity contribution in [3.63, 3.8) is 0 Å². The van der Waals surface area contributed by atoms with Crippen LogP contribution in [0.2, 0.25) is 0 Å². The Morgan fingerprint density at radius 3 is 2.69 bits per heavy atom. The molecule has 0 unspecified atom stereocenters. The molecule has 1 N–H and O–H groups in total. The molecule has 10 heteroatoms. The third-order valence-corrected chi connectivity index (χ3v) is 6.33. The normalized spacial score (nSPS) is 15.6. The summed E-state index contributed by atoms with van der Waals surface area (Å²) in [5.41, 5.74) is 2.21. The number of hydrogen-bond acceptors (Lipinski definition) is 7. The highest BCUT2D eigenvalue weighted by molar-refractivity contribution is 5.98. The zero-order valence-corrected chi connectivity index (χ0v) is 20.9. The topological polar surface area (TPSA) is 115 Å². The largest absolute Gasteiger partial charge is 0.439 e. The van der Waals surface area contributed by atoms with Crippen molar-refractivity contribution in [3.05, 3.63) is 59.9 Å². The molecule has 0 saturated heterocycles. The van der Waals surface area contributed by atoms with Crippen LogP contribution < -0.4 is 10.1 Å². The van der Waals surface area contributed by atoms with Gasteiger partial charge in [-0.05, 0) is 37.6 Å². The lowest BCUT2D eigenvalue weighted by molar-refractivity contribution is -0.132. The number of nitrogens with one attached hydrogen (secondary N) is 1. The highest BCUT2D eigenvalue weighted by Gasteiger charge is 2.29. The van der Waals surface area contributed by atoms with Gasteiger partial charge in [0.1, 0.15) is 17.8 Å². The van der Waals surface area contributed by atoms with Gasteiger partial charge in [0.2, 0.25) is 11.8 Å². The van der Waals surface area contributed by atoms with Gasteiger partial charge < -0.3 is 14.2 Å². The summed E-state index contributed by atoms with van der Waals surface area (Å²) in [6.07, 6.45) is 3.76. The average Bonchev–Trinajstić information content (AvgIpc) is 3.46. The number of carbonyl (C=O) groups is 2. The molecule has 4 aromatic rings. The van der Waals surface area contributed by atoms with Crippen molar-refractivity contribution in [1.29, 1.82) is 0 Å². The van der Waals surface area contributed by atoms with Crippen LogP contribution in [0.25, 0.3) is 10.9 Å². The molecule has 1 atom stereocenters. The van der Waals surface area contributed by atoms with Gasteiger partial charge in [-0.25, -0.2) is 14.8 Å². The Kier molecular flexibility index (Phi) is 5.74. The third kappa shape index (κ3) is 4.41. The Hall–Kier alpha value is -4.21. The fourth-order valence-electron chi connectivity index (χ4n) is 4.33. The Morgan fingerprint density at radius 2 is 1.97 bits per heavy atom. The predicted molar refractivity (Wildman–Crippen MR) is 133 cm³/mol. The molecule has 0 fully saturated rings. The molecule has 0 spiro atoms. The molecule has 2 amide bonds. The highest BCUT2D eigenvalue weighted by Crippen LogP contribution is 2.32.